The predicted molar refractivity (Wildman–Crippen MR) is 65.6 cm³/mol. The number of hydrogen-bond acceptors (Lipinski definition) is 4. The van der Waals surface area contributed by atoms with Gasteiger partial charge < -0.3 is 9.47 Å². The molecule has 0 radical (unpaired) electrons. The van der Waals surface area contributed by atoms with E-state index >= 15 is 0 Å². The van der Waals surface area contributed by atoms with Crippen molar-refractivity contribution < 1.29 is 19.1 Å². The van der Waals surface area contributed by atoms with Crippen molar-refractivity contribution in [2.45, 2.75) is 65.1 Å². The first-order valence-corrected chi connectivity index (χ1v) is 6.82. The summed E-state index contributed by atoms with van der Waals surface area (Å²) in [4.78, 5) is 23.7. The molecule has 0 N–H and O–H groups in total. The lowest BCUT2D eigenvalue weighted by Crippen LogP contribution is -2.50. The maximum atomic E-state index is 12.2. The summed E-state index contributed by atoms with van der Waals surface area (Å²) in [5, 5.41) is 0. The van der Waals surface area contributed by atoms with Gasteiger partial charge in [-0.2, -0.15) is 0 Å². The van der Waals surface area contributed by atoms with Crippen molar-refractivity contribution in [1.29, 1.82) is 0 Å². The highest BCUT2D eigenvalue weighted by molar-refractivity contribution is 5.77. The SMILES string of the molecule is CCC(C)(C)C(=O)OC12CCCC(CC(=O)O1)C2. The van der Waals surface area contributed by atoms with Gasteiger partial charge in [0.15, 0.2) is 0 Å². The van der Waals surface area contributed by atoms with E-state index in [1.54, 1.807) is 0 Å². The number of ether oxygens (including phenoxy) is 2. The maximum Gasteiger partial charge on any atom is 0.314 e. The Morgan fingerprint density at radius 3 is 2.94 bits per heavy atom. The van der Waals surface area contributed by atoms with Crippen LogP contribution in [-0.4, -0.2) is 17.7 Å². The first kappa shape index (κ1) is 13.4. The van der Waals surface area contributed by atoms with E-state index in [2.05, 4.69) is 0 Å². The van der Waals surface area contributed by atoms with Crippen molar-refractivity contribution in [3.8, 4) is 0 Å². The quantitative estimate of drug-likeness (QED) is 0.727. The van der Waals surface area contributed by atoms with Gasteiger partial charge in [-0.15, -0.1) is 0 Å². The van der Waals surface area contributed by atoms with Crippen LogP contribution in [0.2, 0.25) is 0 Å². The van der Waals surface area contributed by atoms with E-state index in [0.717, 1.165) is 12.8 Å². The van der Waals surface area contributed by atoms with E-state index < -0.39 is 11.2 Å². The Balaban J connectivity index is 2.11. The molecule has 0 amide bonds. The normalized spacial score (nSPS) is 31.7. The molecule has 0 aromatic rings. The van der Waals surface area contributed by atoms with Gasteiger partial charge in [0.1, 0.15) is 0 Å². The summed E-state index contributed by atoms with van der Waals surface area (Å²) in [5.74, 6) is -1.15. The Labute approximate surface area is 108 Å². The summed E-state index contributed by atoms with van der Waals surface area (Å²) in [6.07, 6.45) is 4.48. The third-order valence-corrected chi connectivity index (χ3v) is 4.24. The molecule has 4 heteroatoms. The van der Waals surface area contributed by atoms with E-state index in [9.17, 15) is 9.59 Å². The molecule has 2 aliphatic rings. The monoisotopic (exact) mass is 254 g/mol. The topological polar surface area (TPSA) is 52.6 Å². The molecule has 2 fully saturated rings. The van der Waals surface area contributed by atoms with Crippen LogP contribution in [0.5, 0.6) is 0 Å². The van der Waals surface area contributed by atoms with Crippen molar-refractivity contribution in [3.05, 3.63) is 0 Å². The standard InChI is InChI=1S/C14H22O4/c1-4-13(2,3)12(16)18-14-7-5-6-10(9-14)8-11(15)17-14/h10H,4-9H2,1-3H3. The molecular weight excluding hydrogens is 232 g/mol. The van der Waals surface area contributed by atoms with Gasteiger partial charge in [0.2, 0.25) is 0 Å². The van der Waals surface area contributed by atoms with Crippen LogP contribution in [0, 0.1) is 11.3 Å². The average Bonchev–Trinajstić information content (AvgIpc) is 2.27. The van der Waals surface area contributed by atoms with Crippen molar-refractivity contribution in [2.24, 2.45) is 11.3 Å². The van der Waals surface area contributed by atoms with E-state index in [0.29, 0.717) is 31.6 Å². The molecule has 1 aliphatic heterocycles. The minimum Gasteiger partial charge on any atom is -0.422 e. The van der Waals surface area contributed by atoms with Crippen molar-refractivity contribution in [2.75, 3.05) is 0 Å². The van der Waals surface area contributed by atoms with Crippen molar-refractivity contribution in [1.82, 2.24) is 0 Å². The Kier molecular flexibility index (Phi) is 3.39. The molecule has 0 spiro atoms. The highest BCUT2D eigenvalue weighted by Gasteiger charge is 2.49. The van der Waals surface area contributed by atoms with Gasteiger partial charge in [-0.05, 0) is 39.0 Å². The molecule has 2 unspecified atom stereocenters. The Bertz CT molecular complexity index is 361. The fourth-order valence-electron chi connectivity index (χ4n) is 2.62. The summed E-state index contributed by atoms with van der Waals surface area (Å²) in [6.45, 7) is 5.67. The molecule has 1 aliphatic carbocycles. The smallest absolute Gasteiger partial charge is 0.314 e. The first-order chi connectivity index (χ1) is 8.37. The summed E-state index contributed by atoms with van der Waals surface area (Å²) in [6, 6.07) is 0. The van der Waals surface area contributed by atoms with Gasteiger partial charge in [-0.3, -0.25) is 9.59 Å². The van der Waals surface area contributed by atoms with Gasteiger partial charge in [0.25, 0.3) is 5.79 Å². The lowest BCUT2D eigenvalue weighted by molar-refractivity contribution is -0.260. The van der Waals surface area contributed by atoms with Crippen LogP contribution in [-0.2, 0) is 19.1 Å². The Morgan fingerprint density at radius 2 is 2.28 bits per heavy atom. The summed E-state index contributed by atoms with van der Waals surface area (Å²) in [7, 11) is 0. The zero-order valence-corrected chi connectivity index (χ0v) is 11.5. The van der Waals surface area contributed by atoms with E-state index in [4.69, 9.17) is 9.47 Å². The molecule has 102 valence electrons. The molecule has 1 saturated carbocycles. The number of esters is 2. The molecule has 1 heterocycles. The summed E-state index contributed by atoms with van der Waals surface area (Å²) < 4.78 is 11.0. The lowest BCUT2D eigenvalue weighted by Gasteiger charge is -2.43. The zero-order valence-electron chi connectivity index (χ0n) is 11.5. The first-order valence-electron chi connectivity index (χ1n) is 6.82. The number of fused-ring (bicyclic) bond motifs is 2. The minimum absolute atomic E-state index is 0.229. The number of rotatable bonds is 3. The van der Waals surface area contributed by atoms with Gasteiger partial charge >= 0.3 is 11.9 Å². The lowest BCUT2D eigenvalue weighted by atomic mass is 9.80. The van der Waals surface area contributed by atoms with Crippen LogP contribution in [0.15, 0.2) is 0 Å². The molecule has 18 heavy (non-hydrogen) atoms. The molecule has 4 nitrogen and oxygen atoms in total. The van der Waals surface area contributed by atoms with E-state index in [-0.39, 0.29) is 11.9 Å². The summed E-state index contributed by atoms with van der Waals surface area (Å²) in [5.41, 5.74) is -0.522. The second-order valence-electron chi connectivity index (χ2n) is 6.18. The van der Waals surface area contributed by atoms with Crippen LogP contribution in [0.25, 0.3) is 0 Å². The second kappa shape index (κ2) is 4.56. The van der Waals surface area contributed by atoms with Crippen LogP contribution >= 0.6 is 0 Å². The van der Waals surface area contributed by atoms with Crippen LogP contribution in [0.3, 0.4) is 0 Å². The molecule has 2 rings (SSSR count). The molecule has 2 bridgehead atoms. The van der Waals surface area contributed by atoms with Crippen LogP contribution in [0.1, 0.15) is 59.3 Å². The highest BCUT2D eigenvalue weighted by atomic mass is 16.7. The molecule has 1 saturated heterocycles. The number of carbonyl (C=O) groups excluding carboxylic acids is 2. The molecule has 0 aromatic heterocycles. The van der Waals surface area contributed by atoms with Gasteiger partial charge in [0, 0.05) is 19.3 Å². The van der Waals surface area contributed by atoms with Crippen LogP contribution < -0.4 is 0 Å². The Morgan fingerprint density at radius 1 is 1.56 bits per heavy atom. The molecule has 2 atom stereocenters. The van der Waals surface area contributed by atoms with Gasteiger partial charge in [0.05, 0.1) is 5.41 Å². The fraction of sp³-hybridized carbons (Fsp3) is 0.857. The minimum atomic E-state index is -0.970. The van der Waals surface area contributed by atoms with Crippen molar-refractivity contribution >= 4 is 11.9 Å². The van der Waals surface area contributed by atoms with E-state index in [1.807, 2.05) is 20.8 Å². The van der Waals surface area contributed by atoms with Crippen molar-refractivity contribution in [3.63, 3.8) is 0 Å². The predicted octanol–water partition coefficient (Wildman–Crippen LogP) is 2.80. The number of hydrogen-bond donors (Lipinski definition) is 0. The molecule has 0 aromatic carbocycles. The Hall–Kier alpha value is -1.06. The number of carbonyl (C=O) groups is 2. The van der Waals surface area contributed by atoms with Gasteiger partial charge in [-0.25, -0.2) is 0 Å². The molecular formula is C14H22O4. The highest BCUT2D eigenvalue weighted by Crippen LogP contribution is 2.43. The second-order valence-corrected chi connectivity index (χ2v) is 6.18. The third-order valence-electron chi connectivity index (χ3n) is 4.24. The fourth-order valence-corrected chi connectivity index (χ4v) is 2.62. The largest absolute Gasteiger partial charge is 0.422 e. The average molecular weight is 254 g/mol. The van der Waals surface area contributed by atoms with Gasteiger partial charge in [-0.1, -0.05) is 6.92 Å². The maximum absolute atomic E-state index is 12.2. The summed E-state index contributed by atoms with van der Waals surface area (Å²) >= 11 is 0. The van der Waals surface area contributed by atoms with Crippen LogP contribution in [0.4, 0.5) is 0 Å². The zero-order chi connectivity index (χ0) is 13.4. The van der Waals surface area contributed by atoms with E-state index in [1.165, 1.54) is 0 Å². The third kappa shape index (κ3) is 2.52.